The Morgan fingerprint density at radius 3 is 2.13 bits per heavy atom. The maximum absolute atomic E-state index is 6.34. The Morgan fingerprint density at radius 2 is 1.73 bits per heavy atom. The quantitative estimate of drug-likeness (QED) is 0.289. The van der Waals surface area contributed by atoms with Gasteiger partial charge in [0, 0.05) is 9.52 Å². The molecule has 0 radical (unpaired) electrons. The second-order valence-corrected chi connectivity index (χ2v) is 9.29. The van der Waals surface area contributed by atoms with Gasteiger partial charge in [0.05, 0.1) is 5.50 Å². The summed E-state index contributed by atoms with van der Waals surface area (Å²) < 4.78 is 0. The van der Waals surface area contributed by atoms with Crippen LogP contribution in [0.15, 0.2) is 0 Å². The second kappa shape index (κ2) is 7.69. The van der Waals surface area contributed by atoms with Crippen molar-refractivity contribution in [2.75, 3.05) is 13.1 Å². The summed E-state index contributed by atoms with van der Waals surface area (Å²) in [6.07, 6.45) is 2.47. The Bertz CT molecular complexity index is 152. The third-order valence-electron chi connectivity index (χ3n) is 2.83. The Hall–Kier alpha value is 0.467. The normalized spacial score (nSPS) is 15.4. The summed E-state index contributed by atoms with van der Waals surface area (Å²) in [7, 11) is 0.0924. The molecular formula is C12H28ClNSi. The monoisotopic (exact) mass is 249 g/mol. The number of halogens is 1. The Kier molecular flexibility index (Phi) is 7.93. The lowest BCUT2D eigenvalue weighted by Gasteiger charge is -2.24. The largest absolute Gasteiger partial charge is 0.288 e. The first-order chi connectivity index (χ1) is 6.90. The summed E-state index contributed by atoms with van der Waals surface area (Å²) in [6.45, 7) is 13.6. The highest BCUT2D eigenvalue weighted by atomic mass is 35.5. The lowest BCUT2D eigenvalue weighted by atomic mass is 10.2. The second-order valence-electron chi connectivity index (χ2n) is 5.46. The molecule has 0 aliphatic rings. The van der Waals surface area contributed by atoms with Gasteiger partial charge in [0.1, 0.15) is 0 Å². The van der Waals surface area contributed by atoms with E-state index in [1.165, 1.54) is 12.5 Å². The molecule has 0 saturated carbocycles. The van der Waals surface area contributed by atoms with Gasteiger partial charge in [-0.1, -0.05) is 47.1 Å². The molecule has 0 bridgehead atoms. The van der Waals surface area contributed by atoms with Gasteiger partial charge < -0.3 is 0 Å². The van der Waals surface area contributed by atoms with Gasteiger partial charge >= 0.3 is 0 Å². The van der Waals surface area contributed by atoms with Crippen molar-refractivity contribution in [2.24, 2.45) is 0 Å². The van der Waals surface area contributed by atoms with Gasteiger partial charge in [-0.15, -0.1) is 11.6 Å². The number of nitrogens with zero attached hydrogens (tertiary/aromatic N) is 1. The average molecular weight is 250 g/mol. The van der Waals surface area contributed by atoms with E-state index >= 15 is 0 Å². The molecule has 0 saturated heterocycles. The first-order valence-electron chi connectivity index (χ1n) is 6.28. The molecule has 3 heteroatoms. The van der Waals surface area contributed by atoms with Crippen LogP contribution in [0.3, 0.4) is 0 Å². The standard InChI is InChI=1S/C12H28ClNSi/c1-6-14(7-2)11(13)9-8-10-15-12(3,4)5/h11H,6-10,15H2,1-5H3. The summed E-state index contributed by atoms with van der Waals surface area (Å²) in [5.41, 5.74) is 0.258. The van der Waals surface area contributed by atoms with E-state index in [4.69, 9.17) is 11.6 Å². The smallest absolute Gasteiger partial charge is 0.0850 e. The molecular weight excluding hydrogens is 222 g/mol. The average Bonchev–Trinajstić information content (AvgIpc) is 2.13. The molecule has 1 nitrogen and oxygen atoms in total. The maximum atomic E-state index is 6.34. The molecule has 0 heterocycles. The van der Waals surface area contributed by atoms with Crippen LogP contribution in [0.4, 0.5) is 0 Å². The van der Waals surface area contributed by atoms with Crippen LogP contribution in [0, 0.1) is 0 Å². The molecule has 0 fully saturated rings. The number of hydrogen-bond acceptors (Lipinski definition) is 1. The van der Waals surface area contributed by atoms with E-state index in [0.717, 1.165) is 19.5 Å². The van der Waals surface area contributed by atoms with Crippen molar-refractivity contribution in [3.05, 3.63) is 0 Å². The van der Waals surface area contributed by atoms with Crippen LogP contribution in [0.2, 0.25) is 11.1 Å². The topological polar surface area (TPSA) is 3.24 Å². The van der Waals surface area contributed by atoms with Crippen molar-refractivity contribution in [3.63, 3.8) is 0 Å². The SMILES string of the molecule is CCN(CC)C(Cl)CCC[SiH2]C(C)(C)C. The zero-order valence-electron chi connectivity index (χ0n) is 11.1. The summed E-state index contributed by atoms with van der Waals surface area (Å²) in [5, 5.41) is 0.608. The maximum Gasteiger partial charge on any atom is 0.0850 e. The van der Waals surface area contributed by atoms with Crippen molar-refractivity contribution < 1.29 is 0 Å². The highest BCUT2D eigenvalue weighted by molar-refractivity contribution is 6.39. The third kappa shape index (κ3) is 8.29. The number of hydrogen-bond donors (Lipinski definition) is 0. The summed E-state index contributed by atoms with van der Waals surface area (Å²) >= 11 is 6.34. The minimum absolute atomic E-state index is 0.0924. The van der Waals surface area contributed by atoms with Crippen LogP contribution < -0.4 is 0 Å². The molecule has 0 N–H and O–H groups in total. The van der Waals surface area contributed by atoms with Gasteiger partial charge in [-0.2, -0.15) is 0 Å². The van der Waals surface area contributed by atoms with Crippen LogP contribution in [0.25, 0.3) is 0 Å². The number of rotatable bonds is 7. The molecule has 0 aliphatic carbocycles. The Morgan fingerprint density at radius 1 is 1.20 bits per heavy atom. The third-order valence-corrected chi connectivity index (χ3v) is 5.68. The molecule has 0 aliphatic heterocycles. The Labute approximate surface area is 103 Å². The van der Waals surface area contributed by atoms with E-state index in [0.29, 0.717) is 5.04 Å². The van der Waals surface area contributed by atoms with Crippen molar-refractivity contribution in [1.29, 1.82) is 0 Å². The zero-order chi connectivity index (χ0) is 11.9. The molecule has 0 aromatic rings. The van der Waals surface area contributed by atoms with Gasteiger partial charge in [-0.3, -0.25) is 4.90 Å². The van der Waals surface area contributed by atoms with Gasteiger partial charge in [0.15, 0.2) is 0 Å². The highest BCUT2D eigenvalue weighted by Crippen LogP contribution is 2.23. The van der Waals surface area contributed by atoms with E-state index in [2.05, 4.69) is 39.5 Å². The first kappa shape index (κ1) is 15.5. The minimum Gasteiger partial charge on any atom is -0.288 e. The predicted octanol–water partition coefficient (Wildman–Crippen LogP) is 3.48. The van der Waals surface area contributed by atoms with E-state index in [-0.39, 0.29) is 15.0 Å². The van der Waals surface area contributed by atoms with Gasteiger partial charge in [0.2, 0.25) is 0 Å². The van der Waals surface area contributed by atoms with E-state index < -0.39 is 0 Å². The molecule has 92 valence electrons. The summed E-state index contributed by atoms with van der Waals surface area (Å²) in [4.78, 5) is 2.33. The van der Waals surface area contributed by atoms with E-state index in [1.807, 2.05) is 0 Å². The first-order valence-corrected chi connectivity index (χ1v) is 8.43. The van der Waals surface area contributed by atoms with Crippen LogP contribution >= 0.6 is 11.6 Å². The fourth-order valence-corrected chi connectivity index (χ4v) is 3.80. The molecule has 0 amide bonds. The zero-order valence-corrected chi connectivity index (χ0v) is 13.3. The van der Waals surface area contributed by atoms with Gasteiger partial charge in [0.25, 0.3) is 0 Å². The molecule has 0 aromatic heterocycles. The fraction of sp³-hybridized carbons (Fsp3) is 1.00. The Balaban J connectivity index is 3.58. The lowest BCUT2D eigenvalue weighted by Crippen LogP contribution is -2.30. The lowest BCUT2D eigenvalue weighted by molar-refractivity contribution is 0.267. The van der Waals surface area contributed by atoms with Crippen LogP contribution in [-0.4, -0.2) is 33.0 Å². The van der Waals surface area contributed by atoms with E-state index in [9.17, 15) is 0 Å². The molecule has 15 heavy (non-hydrogen) atoms. The van der Waals surface area contributed by atoms with Gasteiger partial charge in [-0.25, -0.2) is 0 Å². The van der Waals surface area contributed by atoms with Crippen LogP contribution in [0.5, 0.6) is 0 Å². The predicted molar refractivity (Wildman–Crippen MR) is 74.9 cm³/mol. The van der Waals surface area contributed by atoms with Gasteiger partial charge in [-0.05, 0) is 24.5 Å². The van der Waals surface area contributed by atoms with Crippen molar-refractivity contribution >= 4 is 21.1 Å². The molecule has 1 unspecified atom stereocenters. The summed E-state index contributed by atoms with van der Waals surface area (Å²) in [5.74, 6) is 0. The number of alkyl halides is 1. The molecule has 0 aromatic carbocycles. The van der Waals surface area contributed by atoms with E-state index in [1.54, 1.807) is 0 Å². The highest BCUT2D eigenvalue weighted by Gasteiger charge is 2.13. The fourth-order valence-electron chi connectivity index (χ4n) is 1.77. The van der Waals surface area contributed by atoms with Crippen molar-refractivity contribution in [2.45, 2.75) is 64.0 Å². The van der Waals surface area contributed by atoms with Crippen molar-refractivity contribution in [3.8, 4) is 0 Å². The van der Waals surface area contributed by atoms with Crippen molar-refractivity contribution in [1.82, 2.24) is 4.90 Å². The summed E-state index contributed by atoms with van der Waals surface area (Å²) in [6, 6.07) is 1.44. The van der Waals surface area contributed by atoms with Crippen LogP contribution in [0.1, 0.15) is 47.5 Å². The molecule has 0 spiro atoms. The molecule has 1 atom stereocenters. The molecule has 0 rings (SSSR count). The van der Waals surface area contributed by atoms with Crippen LogP contribution in [-0.2, 0) is 0 Å². The minimum atomic E-state index is 0.0924.